The van der Waals surface area contributed by atoms with Gasteiger partial charge in [0.2, 0.25) is 16.0 Å². The van der Waals surface area contributed by atoms with Crippen molar-refractivity contribution in [2.75, 3.05) is 12.3 Å². The summed E-state index contributed by atoms with van der Waals surface area (Å²) in [6.07, 6.45) is 2.22. The van der Waals surface area contributed by atoms with Crippen molar-refractivity contribution in [3.63, 3.8) is 0 Å². The highest BCUT2D eigenvalue weighted by Crippen LogP contribution is 2.27. The molecule has 0 fully saturated rings. The Morgan fingerprint density at radius 1 is 1.11 bits per heavy atom. The molecule has 144 valence electrons. The first-order chi connectivity index (χ1) is 13.4. The summed E-state index contributed by atoms with van der Waals surface area (Å²) in [5.74, 6) is 1.44. The number of rotatable bonds is 4. The third kappa shape index (κ3) is 3.69. The molecule has 0 radical (unpaired) electrons. The Morgan fingerprint density at radius 2 is 1.89 bits per heavy atom. The molecule has 4 rings (SSSR count). The van der Waals surface area contributed by atoms with E-state index in [1.165, 1.54) is 4.31 Å². The fourth-order valence-corrected chi connectivity index (χ4v) is 4.55. The Labute approximate surface area is 163 Å². The third-order valence-electron chi connectivity index (χ3n) is 4.62. The van der Waals surface area contributed by atoms with Crippen molar-refractivity contribution in [3.8, 4) is 11.5 Å². The van der Waals surface area contributed by atoms with Crippen LogP contribution in [0.15, 0.2) is 59.6 Å². The van der Waals surface area contributed by atoms with Crippen LogP contribution < -0.4 is 10.5 Å². The molecule has 0 bridgehead atoms. The van der Waals surface area contributed by atoms with Crippen molar-refractivity contribution < 1.29 is 13.2 Å². The van der Waals surface area contributed by atoms with Gasteiger partial charge in [-0.05, 0) is 60.9 Å². The number of aryl methyl sites for hydroxylation is 1. The summed E-state index contributed by atoms with van der Waals surface area (Å²) < 4.78 is 33.2. The summed E-state index contributed by atoms with van der Waals surface area (Å²) in [7, 11) is -3.64. The van der Waals surface area contributed by atoms with E-state index in [0.29, 0.717) is 30.2 Å². The first-order valence-electron chi connectivity index (χ1n) is 8.87. The fraction of sp³-hybridized carbons (Fsp3) is 0.200. The van der Waals surface area contributed by atoms with Gasteiger partial charge >= 0.3 is 0 Å². The van der Waals surface area contributed by atoms with Crippen LogP contribution in [-0.2, 0) is 23.0 Å². The number of ether oxygens (including phenoxy) is 1. The minimum atomic E-state index is -3.64. The Bertz CT molecular complexity index is 1110. The number of aromatic nitrogens is 2. The maximum atomic E-state index is 13.0. The molecule has 0 unspecified atom stereocenters. The summed E-state index contributed by atoms with van der Waals surface area (Å²) in [4.78, 5) is 8.37. The lowest BCUT2D eigenvalue weighted by atomic mass is 10.1. The number of nitrogens with zero attached hydrogens (tertiary/aromatic N) is 3. The molecule has 1 aliphatic rings. The van der Waals surface area contributed by atoms with Crippen molar-refractivity contribution in [3.05, 3.63) is 71.5 Å². The highest BCUT2D eigenvalue weighted by molar-refractivity contribution is 7.89. The molecule has 3 aromatic rings. The number of hydrogen-bond donors (Lipinski definition) is 1. The molecule has 0 spiro atoms. The van der Waals surface area contributed by atoms with Crippen LogP contribution in [0.2, 0.25) is 0 Å². The Balaban J connectivity index is 1.53. The molecule has 0 atom stereocenters. The summed E-state index contributed by atoms with van der Waals surface area (Å²) in [6.45, 7) is 2.55. The zero-order valence-electron chi connectivity index (χ0n) is 15.4. The van der Waals surface area contributed by atoms with Gasteiger partial charge in [-0.15, -0.1) is 0 Å². The summed E-state index contributed by atoms with van der Waals surface area (Å²) in [5, 5.41) is 0. The molecular weight excluding hydrogens is 376 g/mol. The van der Waals surface area contributed by atoms with Crippen LogP contribution in [0.5, 0.6) is 11.5 Å². The normalized spacial score (nSPS) is 14.5. The maximum absolute atomic E-state index is 13.0. The molecule has 1 aliphatic heterocycles. The van der Waals surface area contributed by atoms with E-state index in [1.54, 1.807) is 30.5 Å². The topological polar surface area (TPSA) is 98.4 Å². The number of nitrogens with two attached hydrogens (primary N) is 1. The van der Waals surface area contributed by atoms with Gasteiger partial charge in [0.05, 0.1) is 17.1 Å². The number of anilines is 1. The van der Waals surface area contributed by atoms with E-state index in [2.05, 4.69) is 9.97 Å². The molecule has 2 N–H and O–H groups in total. The SMILES string of the molecule is Cc1cccc(Oc2ccc(S(=O)(=O)N3CCc4cnc(N)nc4C3)cc2)c1. The van der Waals surface area contributed by atoms with E-state index in [4.69, 9.17) is 10.5 Å². The molecule has 8 heteroatoms. The lowest BCUT2D eigenvalue weighted by Gasteiger charge is -2.27. The Morgan fingerprint density at radius 3 is 2.64 bits per heavy atom. The number of hydrogen-bond acceptors (Lipinski definition) is 6. The van der Waals surface area contributed by atoms with Crippen LogP contribution in [0.4, 0.5) is 5.95 Å². The molecule has 1 aromatic heterocycles. The molecule has 0 saturated heterocycles. The quantitative estimate of drug-likeness (QED) is 0.728. The molecular formula is C20H20N4O3S. The maximum Gasteiger partial charge on any atom is 0.243 e. The minimum absolute atomic E-state index is 0.149. The van der Waals surface area contributed by atoms with Crippen molar-refractivity contribution in [2.45, 2.75) is 24.8 Å². The fourth-order valence-electron chi connectivity index (χ4n) is 3.14. The van der Waals surface area contributed by atoms with Crippen molar-refractivity contribution in [1.82, 2.24) is 14.3 Å². The van der Waals surface area contributed by atoms with E-state index >= 15 is 0 Å². The highest BCUT2D eigenvalue weighted by Gasteiger charge is 2.29. The van der Waals surface area contributed by atoms with Crippen molar-refractivity contribution in [2.24, 2.45) is 0 Å². The Hall–Kier alpha value is -2.97. The second-order valence-corrected chi connectivity index (χ2v) is 8.62. The second-order valence-electron chi connectivity index (χ2n) is 6.68. The monoisotopic (exact) mass is 396 g/mol. The van der Waals surface area contributed by atoms with Gasteiger partial charge < -0.3 is 10.5 Å². The van der Waals surface area contributed by atoms with Crippen LogP contribution in [0.25, 0.3) is 0 Å². The summed E-state index contributed by atoms with van der Waals surface area (Å²) in [5.41, 5.74) is 8.31. The summed E-state index contributed by atoms with van der Waals surface area (Å²) >= 11 is 0. The second kappa shape index (κ2) is 7.21. The van der Waals surface area contributed by atoms with Crippen LogP contribution in [0, 0.1) is 6.92 Å². The van der Waals surface area contributed by atoms with Gasteiger partial charge in [0.1, 0.15) is 11.5 Å². The number of sulfonamides is 1. The molecule has 0 amide bonds. The van der Waals surface area contributed by atoms with Crippen LogP contribution in [-0.4, -0.2) is 29.2 Å². The summed E-state index contributed by atoms with van der Waals surface area (Å²) in [6, 6.07) is 14.1. The van der Waals surface area contributed by atoms with Crippen LogP contribution in [0.1, 0.15) is 16.8 Å². The largest absolute Gasteiger partial charge is 0.457 e. The zero-order valence-corrected chi connectivity index (χ0v) is 16.2. The van der Waals surface area contributed by atoms with E-state index in [1.807, 2.05) is 31.2 Å². The van der Waals surface area contributed by atoms with Gasteiger partial charge in [0, 0.05) is 12.7 Å². The predicted octanol–water partition coefficient (Wildman–Crippen LogP) is 2.91. The first-order valence-corrected chi connectivity index (χ1v) is 10.3. The van der Waals surface area contributed by atoms with Crippen LogP contribution >= 0.6 is 0 Å². The molecule has 2 heterocycles. The van der Waals surface area contributed by atoms with Gasteiger partial charge in [0.25, 0.3) is 0 Å². The lowest BCUT2D eigenvalue weighted by Crippen LogP contribution is -2.36. The molecule has 28 heavy (non-hydrogen) atoms. The van der Waals surface area contributed by atoms with Gasteiger partial charge in [0.15, 0.2) is 0 Å². The first kappa shape index (κ1) is 18.4. The average molecular weight is 396 g/mol. The van der Waals surface area contributed by atoms with Crippen molar-refractivity contribution >= 4 is 16.0 Å². The van der Waals surface area contributed by atoms with Crippen molar-refractivity contribution in [1.29, 1.82) is 0 Å². The van der Waals surface area contributed by atoms with E-state index in [0.717, 1.165) is 11.1 Å². The van der Waals surface area contributed by atoms with E-state index in [9.17, 15) is 8.42 Å². The lowest BCUT2D eigenvalue weighted by molar-refractivity contribution is 0.385. The molecule has 2 aromatic carbocycles. The van der Waals surface area contributed by atoms with Gasteiger partial charge in [-0.1, -0.05) is 12.1 Å². The van der Waals surface area contributed by atoms with Gasteiger partial charge in [-0.2, -0.15) is 4.31 Å². The van der Waals surface area contributed by atoms with Gasteiger partial charge in [-0.25, -0.2) is 18.4 Å². The molecule has 0 aliphatic carbocycles. The highest BCUT2D eigenvalue weighted by atomic mass is 32.2. The minimum Gasteiger partial charge on any atom is -0.457 e. The smallest absolute Gasteiger partial charge is 0.243 e. The van der Waals surface area contributed by atoms with Gasteiger partial charge in [-0.3, -0.25) is 0 Å². The molecule has 7 nitrogen and oxygen atoms in total. The predicted molar refractivity (Wildman–Crippen MR) is 105 cm³/mol. The molecule has 0 saturated carbocycles. The average Bonchev–Trinajstić information content (AvgIpc) is 2.68. The number of fused-ring (bicyclic) bond motifs is 1. The standard InChI is InChI=1S/C20H20N4O3S/c1-14-3-2-4-17(11-14)27-16-5-7-18(8-6-16)28(25,26)24-10-9-15-12-22-20(21)23-19(15)13-24/h2-8,11-12H,9-10,13H2,1H3,(H2,21,22,23). The van der Waals surface area contributed by atoms with Crippen LogP contribution in [0.3, 0.4) is 0 Å². The number of nitrogen functional groups attached to an aromatic ring is 1. The van der Waals surface area contributed by atoms with E-state index in [-0.39, 0.29) is 17.4 Å². The Kier molecular flexibility index (Phi) is 4.74. The third-order valence-corrected chi connectivity index (χ3v) is 6.48. The zero-order chi connectivity index (χ0) is 19.7. The van der Waals surface area contributed by atoms with E-state index < -0.39 is 10.0 Å². The number of benzene rings is 2.